The minimum Gasteiger partial charge on any atom is -0.299 e. The molecule has 0 radical (unpaired) electrons. The number of rotatable bonds is 2. The van der Waals surface area contributed by atoms with Gasteiger partial charge in [-0.15, -0.1) is 0 Å². The average Bonchev–Trinajstić information content (AvgIpc) is 2.22. The van der Waals surface area contributed by atoms with E-state index in [4.69, 9.17) is 0 Å². The summed E-state index contributed by atoms with van der Waals surface area (Å²) in [5.74, 6) is 0.369. The van der Waals surface area contributed by atoms with Crippen LogP contribution < -0.4 is 0 Å². The lowest BCUT2D eigenvalue weighted by Gasteiger charge is -2.12. The van der Waals surface area contributed by atoms with Crippen LogP contribution in [0.3, 0.4) is 0 Å². The Hall–Kier alpha value is -0.890. The third-order valence-electron chi connectivity index (χ3n) is 2.66. The molecule has 1 nitrogen and oxygen atoms in total. The van der Waals surface area contributed by atoms with E-state index in [9.17, 15) is 4.79 Å². The third-order valence-corrected chi connectivity index (χ3v) is 3.16. The summed E-state index contributed by atoms with van der Waals surface area (Å²) in [5, 5.41) is 0. The lowest BCUT2D eigenvalue weighted by Crippen LogP contribution is -2.05. The fourth-order valence-electron chi connectivity index (χ4n) is 1.83. The summed E-state index contributed by atoms with van der Waals surface area (Å²) < 4.78 is 1.12. The number of carbonyl (C=O) groups is 1. The maximum Gasteiger partial charge on any atom is 0.136 e. The first-order chi connectivity index (χ1) is 7.24. The van der Waals surface area contributed by atoms with Crippen molar-refractivity contribution in [2.75, 3.05) is 0 Å². The second-order valence-corrected chi connectivity index (χ2v) is 4.83. The molecule has 0 fully saturated rings. The van der Waals surface area contributed by atoms with Gasteiger partial charge in [-0.2, -0.15) is 0 Å². The van der Waals surface area contributed by atoms with Crippen LogP contribution >= 0.6 is 15.9 Å². The molecule has 0 spiro atoms. The highest BCUT2D eigenvalue weighted by Crippen LogP contribution is 2.21. The zero-order valence-corrected chi connectivity index (χ0v) is 10.1. The quantitative estimate of drug-likeness (QED) is 0.745. The number of halogens is 1. The van der Waals surface area contributed by atoms with Crippen LogP contribution in [0.5, 0.6) is 0 Å². The number of carbonyl (C=O) groups excluding carboxylic acids is 1. The molecule has 0 heterocycles. The highest BCUT2D eigenvalue weighted by molar-refractivity contribution is 9.10. The molecule has 0 atom stereocenters. The molecule has 1 aliphatic rings. The van der Waals surface area contributed by atoms with Crippen molar-refractivity contribution in [1.29, 1.82) is 0 Å². The number of hydrogen-bond donors (Lipinski definition) is 0. The second-order valence-electron chi connectivity index (χ2n) is 3.91. The maximum atomic E-state index is 11.1. The Bertz CT molecular complexity index is 407. The SMILES string of the molecule is O=C1CC=C(Cc2cccc(Br)c2)CC1. The molecular formula is C13H13BrO. The summed E-state index contributed by atoms with van der Waals surface area (Å²) in [7, 11) is 0. The number of hydrogen-bond acceptors (Lipinski definition) is 1. The van der Waals surface area contributed by atoms with Gasteiger partial charge in [-0.25, -0.2) is 0 Å². The van der Waals surface area contributed by atoms with Crippen molar-refractivity contribution < 1.29 is 4.79 Å². The molecule has 0 unspecified atom stereocenters. The molecule has 1 aromatic rings. The standard InChI is InChI=1S/C13H13BrO/c14-12-3-1-2-11(9-12)8-10-4-6-13(15)7-5-10/h1-4,9H,5-8H2. The topological polar surface area (TPSA) is 17.1 Å². The largest absolute Gasteiger partial charge is 0.299 e. The monoisotopic (exact) mass is 264 g/mol. The predicted molar refractivity (Wildman–Crippen MR) is 64.8 cm³/mol. The molecule has 0 aliphatic heterocycles. The fourth-order valence-corrected chi connectivity index (χ4v) is 2.28. The van der Waals surface area contributed by atoms with Crippen molar-refractivity contribution in [3.63, 3.8) is 0 Å². The highest BCUT2D eigenvalue weighted by Gasteiger charge is 2.10. The van der Waals surface area contributed by atoms with Crippen LogP contribution in [0.15, 0.2) is 40.4 Å². The van der Waals surface area contributed by atoms with Crippen molar-refractivity contribution in [1.82, 2.24) is 0 Å². The lowest BCUT2D eigenvalue weighted by atomic mass is 9.93. The van der Waals surface area contributed by atoms with E-state index >= 15 is 0 Å². The lowest BCUT2D eigenvalue weighted by molar-refractivity contribution is -0.118. The van der Waals surface area contributed by atoms with Gasteiger partial charge in [0.25, 0.3) is 0 Å². The predicted octanol–water partition coefficient (Wildman–Crippen LogP) is 3.67. The normalized spacial score (nSPS) is 16.3. The minimum atomic E-state index is 0.369. The van der Waals surface area contributed by atoms with Crippen LogP contribution in [0.4, 0.5) is 0 Å². The molecule has 2 heteroatoms. The van der Waals surface area contributed by atoms with Gasteiger partial charge in [-0.1, -0.05) is 39.7 Å². The van der Waals surface area contributed by atoms with Crippen molar-refractivity contribution in [2.24, 2.45) is 0 Å². The summed E-state index contributed by atoms with van der Waals surface area (Å²) in [6, 6.07) is 8.34. The summed E-state index contributed by atoms with van der Waals surface area (Å²) in [4.78, 5) is 11.1. The zero-order valence-electron chi connectivity index (χ0n) is 8.50. The summed E-state index contributed by atoms with van der Waals surface area (Å²) in [6.07, 6.45) is 5.36. The van der Waals surface area contributed by atoms with Crippen molar-refractivity contribution in [3.05, 3.63) is 46.0 Å². The van der Waals surface area contributed by atoms with E-state index in [1.54, 1.807) is 0 Å². The van der Waals surface area contributed by atoms with Gasteiger partial charge < -0.3 is 0 Å². The first-order valence-electron chi connectivity index (χ1n) is 5.18. The van der Waals surface area contributed by atoms with E-state index in [1.807, 2.05) is 12.1 Å². The Kier molecular flexibility index (Phi) is 3.37. The molecule has 0 N–H and O–H groups in total. The smallest absolute Gasteiger partial charge is 0.136 e. The second kappa shape index (κ2) is 4.75. The summed E-state index contributed by atoms with van der Waals surface area (Å²) in [5.41, 5.74) is 2.71. The van der Waals surface area contributed by atoms with Gasteiger partial charge in [0.1, 0.15) is 5.78 Å². The number of Topliss-reactive ketones (excluding diaryl/α,β-unsaturated/α-hetero) is 1. The maximum absolute atomic E-state index is 11.1. The number of allylic oxidation sites excluding steroid dienone is 2. The third kappa shape index (κ3) is 3.03. The van der Waals surface area contributed by atoms with E-state index in [1.165, 1.54) is 11.1 Å². The molecule has 78 valence electrons. The Morgan fingerprint density at radius 1 is 1.27 bits per heavy atom. The molecular weight excluding hydrogens is 252 g/mol. The van der Waals surface area contributed by atoms with E-state index in [0.29, 0.717) is 12.2 Å². The molecule has 0 aromatic heterocycles. The van der Waals surface area contributed by atoms with E-state index in [-0.39, 0.29) is 0 Å². The molecule has 15 heavy (non-hydrogen) atoms. The molecule has 0 amide bonds. The summed E-state index contributed by atoms with van der Waals surface area (Å²) >= 11 is 3.46. The van der Waals surface area contributed by atoms with Gasteiger partial charge in [-0.05, 0) is 30.5 Å². The molecule has 0 saturated heterocycles. The minimum absolute atomic E-state index is 0.369. The molecule has 1 aromatic carbocycles. The van der Waals surface area contributed by atoms with Crippen LogP contribution in [-0.4, -0.2) is 5.78 Å². The molecule has 0 bridgehead atoms. The summed E-state index contributed by atoms with van der Waals surface area (Å²) in [6.45, 7) is 0. The Labute approximate surface area is 98.3 Å². The van der Waals surface area contributed by atoms with Crippen LogP contribution in [0.25, 0.3) is 0 Å². The first-order valence-corrected chi connectivity index (χ1v) is 5.97. The molecule has 1 aliphatic carbocycles. The van der Waals surface area contributed by atoms with Crippen LogP contribution in [0, 0.1) is 0 Å². The molecule has 0 saturated carbocycles. The Morgan fingerprint density at radius 2 is 2.13 bits per heavy atom. The number of ketones is 1. The van der Waals surface area contributed by atoms with Crippen molar-refractivity contribution in [2.45, 2.75) is 25.7 Å². The van der Waals surface area contributed by atoms with Crippen molar-refractivity contribution in [3.8, 4) is 0 Å². The molecule has 2 rings (SSSR count). The highest BCUT2D eigenvalue weighted by atomic mass is 79.9. The number of benzene rings is 1. The van der Waals surface area contributed by atoms with Gasteiger partial charge in [0.15, 0.2) is 0 Å². The van der Waals surface area contributed by atoms with Gasteiger partial charge >= 0.3 is 0 Å². The Balaban J connectivity index is 2.06. The van der Waals surface area contributed by atoms with Crippen LogP contribution in [-0.2, 0) is 11.2 Å². The first kappa shape index (κ1) is 10.6. The van der Waals surface area contributed by atoms with Gasteiger partial charge in [-0.3, -0.25) is 4.79 Å². The van der Waals surface area contributed by atoms with E-state index in [2.05, 4.69) is 34.1 Å². The van der Waals surface area contributed by atoms with E-state index in [0.717, 1.165) is 23.7 Å². The van der Waals surface area contributed by atoms with E-state index < -0.39 is 0 Å². The van der Waals surface area contributed by atoms with Crippen LogP contribution in [0.2, 0.25) is 0 Å². The fraction of sp³-hybridized carbons (Fsp3) is 0.308. The van der Waals surface area contributed by atoms with Gasteiger partial charge in [0.05, 0.1) is 0 Å². The average molecular weight is 265 g/mol. The zero-order chi connectivity index (χ0) is 10.7. The Morgan fingerprint density at radius 3 is 2.80 bits per heavy atom. The van der Waals surface area contributed by atoms with Crippen molar-refractivity contribution >= 4 is 21.7 Å². The van der Waals surface area contributed by atoms with Gasteiger partial charge in [0, 0.05) is 17.3 Å². The van der Waals surface area contributed by atoms with Gasteiger partial charge in [0.2, 0.25) is 0 Å². The van der Waals surface area contributed by atoms with Crippen LogP contribution in [0.1, 0.15) is 24.8 Å².